The second-order valence-electron chi connectivity index (χ2n) is 6.30. The van der Waals surface area contributed by atoms with Crippen LogP contribution in [0.5, 0.6) is 0 Å². The number of carbonyl (C=O) groups is 1. The second kappa shape index (κ2) is 7.52. The van der Waals surface area contributed by atoms with Gasteiger partial charge in [0.1, 0.15) is 17.9 Å². The van der Waals surface area contributed by atoms with E-state index >= 15 is 0 Å². The number of allylic oxidation sites excluding steroid dienone is 1. The zero-order chi connectivity index (χ0) is 16.9. The Labute approximate surface area is 141 Å². The third-order valence-electron chi connectivity index (χ3n) is 4.73. The fraction of sp³-hybridized carbons (Fsp3) is 0.286. The molecule has 1 nitrogen and oxygen atoms in total. The minimum Gasteiger partial charge on any atom is -0.298 e. The maximum atomic E-state index is 13.3. The summed E-state index contributed by atoms with van der Waals surface area (Å²) < 4.78 is 26.6. The Kier molecular flexibility index (Phi) is 5.19. The first kappa shape index (κ1) is 16.6. The van der Waals surface area contributed by atoms with E-state index in [9.17, 15) is 13.6 Å². The van der Waals surface area contributed by atoms with E-state index in [1.807, 2.05) is 0 Å². The van der Waals surface area contributed by atoms with Crippen LogP contribution >= 0.6 is 0 Å². The molecule has 0 bridgehead atoms. The molecular formula is C21H20F2O. The summed E-state index contributed by atoms with van der Waals surface area (Å²) >= 11 is 0. The lowest BCUT2D eigenvalue weighted by Gasteiger charge is -2.24. The van der Waals surface area contributed by atoms with Crippen LogP contribution in [0, 0.1) is 17.6 Å². The van der Waals surface area contributed by atoms with Crippen LogP contribution < -0.4 is 0 Å². The lowest BCUT2D eigenvalue weighted by atomic mass is 9.79. The molecule has 0 spiro atoms. The maximum Gasteiger partial charge on any atom is 0.146 e. The molecule has 0 aliphatic heterocycles. The Balaban J connectivity index is 2.15. The number of halogens is 2. The summed E-state index contributed by atoms with van der Waals surface area (Å²) in [5, 5.41) is 0. The van der Waals surface area contributed by atoms with Crippen LogP contribution in [0.15, 0.2) is 54.1 Å². The number of aldehydes is 1. The van der Waals surface area contributed by atoms with Crippen molar-refractivity contribution >= 4 is 11.9 Å². The van der Waals surface area contributed by atoms with E-state index in [1.165, 1.54) is 30.7 Å². The highest BCUT2D eigenvalue weighted by atomic mass is 19.1. The van der Waals surface area contributed by atoms with E-state index in [0.29, 0.717) is 0 Å². The first-order valence-electron chi connectivity index (χ1n) is 8.40. The van der Waals surface area contributed by atoms with Gasteiger partial charge in [-0.15, -0.1) is 0 Å². The number of benzene rings is 2. The molecule has 2 aromatic rings. The van der Waals surface area contributed by atoms with Crippen LogP contribution in [0.2, 0.25) is 0 Å². The number of rotatable bonds is 4. The van der Waals surface area contributed by atoms with Gasteiger partial charge < -0.3 is 0 Å². The minimum absolute atomic E-state index is 0.210. The number of hydrogen-bond acceptors (Lipinski definition) is 1. The van der Waals surface area contributed by atoms with E-state index in [-0.39, 0.29) is 17.6 Å². The first-order valence-corrected chi connectivity index (χ1v) is 8.40. The Morgan fingerprint density at radius 2 is 1.25 bits per heavy atom. The first-order chi connectivity index (χ1) is 11.7. The zero-order valence-electron chi connectivity index (χ0n) is 13.5. The molecule has 1 aliphatic carbocycles. The number of carbonyl (C=O) groups excluding carboxylic acids is 1. The molecular weight excluding hydrogens is 306 g/mol. The molecule has 3 rings (SSSR count). The molecule has 24 heavy (non-hydrogen) atoms. The quantitative estimate of drug-likeness (QED) is 0.532. The van der Waals surface area contributed by atoms with Gasteiger partial charge in [0, 0.05) is 5.57 Å². The normalized spacial score (nSPS) is 15.1. The second-order valence-corrected chi connectivity index (χ2v) is 6.30. The Morgan fingerprint density at radius 3 is 1.67 bits per heavy atom. The third kappa shape index (κ3) is 3.61. The minimum atomic E-state index is -0.317. The summed E-state index contributed by atoms with van der Waals surface area (Å²) in [6.07, 6.45) is 6.33. The molecule has 0 amide bonds. The van der Waals surface area contributed by atoms with Crippen molar-refractivity contribution in [2.24, 2.45) is 5.92 Å². The van der Waals surface area contributed by atoms with Crippen LogP contribution in [0.3, 0.4) is 0 Å². The highest BCUT2D eigenvalue weighted by Gasteiger charge is 2.22. The summed E-state index contributed by atoms with van der Waals surface area (Å²) in [4.78, 5) is 11.9. The van der Waals surface area contributed by atoms with Crippen molar-refractivity contribution in [3.63, 3.8) is 0 Å². The van der Waals surface area contributed by atoms with Crippen LogP contribution in [0.25, 0.3) is 5.57 Å². The lowest BCUT2D eigenvalue weighted by molar-refractivity contribution is -0.105. The Hall–Kier alpha value is -2.29. The van der Waals surface area contributed by atoms with Crippen molar-refractivity contribution in [1.29, 1.82) is 0 Å². The molecule has 0 saturated heterocycles. The average Bonchev–Trinajstić information content (AvgIpc) is 2.62. The van der Waals surface area contributed by atoms with E-state index in [0.717, 1.165) is 54.2 Å². The van der Waals surface area contributed by atoms with Crippen molar-refractivity contribution in [1.82, 2.24) is 0 Å². The van der Waals surface area contributed by atoms with E-state index in [4.69, 9.17) is 0 Å². The topological polar surface area (TPSA) is 17.1 Å². The fourth-order valence-electron chi connectivity index (χ4n) is 3.51. The van der Waals surface area contributed by atoms with Crippen molar-refractivity contribution in [3.05, 3.63) is 76.9 Å². The summed E-state index contributed by atoms with van der Waals surface area (Å²) in [6.45, 7) is 0. The third-order valence-corrected chi connectivity index (χ3v) is 4.73. The Morgan fingerprint density at radius 1 is 0.792 bits per heavy atom. The lowest BCUT2D eigenvalue weighted by Crippen LogP contribution is -2.12. The van der Waals surface area contributed by atoms with Crippen molar-refractivity contribution in [3.8, 4) is 0 Å². The number of hydrogen-bond donors (Lipinski definition) is 0. The maximum absolute atomic E-state index is 13.3. The smallest absolute Gasteiger partial charge is 0.146 e. The molecule has 1 fully saturated rings. The summed E-state index contributed by atoms with van der Waals surface area (Å²) in [5.41, 5.74) is 3.11. The van der Waals surface area contributed by atoms with Crippen LogP contribution in [-0.2, 0) is 4.79 Å². The molecule has 0 unspecified atom stereocenters. The van der Waals surface area contributed by atoms with E-state index in [1.54, 1.807) is 24.3 Å². The van der Waals surface area contributed by atoms with Crippen LogP contribution in [0.4, 0.5) is 8.78 Å². The van der Waals surface area contributed by atoms with Gasteiger partial charge in [0.05, 0.1) is 0 Å². The van der Waals surface area contributed by atoms with Gasteiger partial charge >= 0.3 is 0 Å². The molecule has 0 heterocycles. The van der Waals surface area contributed by atoms with Gasteiger partial charge in [-0.25, -0.2) is 8.78 Å². The van der Waals surface area contributed by atoms with Gasteiger partial charge in [0.15, 0.2) is 0 Å². The predicted molar refractivity (Wildman–Crippen MR) is 91.5 cm³/mol. The highest BCUT2D eigenvalue weighted by Crippen LogP contribution is 2.36. The van der Waals surface area contributed by atoms with Gasteiger partial charge in [-0.2, -0.15) is 0 Å². The fourth-order valence-corrected chi connectivity index (χ4v) is 3.51. The monoisotopic (exact) mass is 326 g/mol. The van der Waals surface area contributed by atoms with Gasteiger partial charge in [-0.1, -0.05) is 43.5 Å². The molecule has 2 aromatic carbocycles. The van der Waals surface area contributed by atoms with E-state index in [2.05, 4.69) is 0 Å². The zero-order valence-corrected chi connectivity index (χ0v) is 13.5. The van der Waals surface area contributed by atoms with Crippen molar-refractivity contribution in [2.75, 3.05) is 0 Å². The average molecular weight is 326 g/mol. The molecule has 0 atom stereocenters. The molecule has 0 aromatic heterocycles. The SMILES string of the molecule is O=CC(=C(c1ccc(F)cc1)c1ccc(F)cc1)C1CCCCC1. The Bertz CT molecular complexity index is 676. The van der Waals surface area contributed by atoms with E-state index < -0.39 is 0 Å². The largest absolute Gasteiger partial charge is 0.298 e. The van der Waals surface area contributed by atoms with Gasteiger partial charge in [-0.3, -0.25) is 4.79 Å². The molecule has 3 heteroatoms. The van der Waals surface area contributed by atoms with Crippen molar-refractivity contribution < 1.29 is 13.6 Å². The standard InChI is InChI=1S/C21H20F2O/c22-18-10-6-16(7-11-18)21(17-8-12-19(23)13-9-17)20(14-24)15-4-2-1-3-5-15/h6-15H,1-5H2. The molecule has 124 valence electrons. The van der Waals surface area contributed by atoms with Crippen LogP contribution in [0.1, 0.15) is 43.2 Å². The van der Waals surface area contributed by atoms with Crippen molar-refractivity contribution in [2.45, 2.75) is 32.1 Å². The van der Waals surface area contributed by atoms with Gasteiger partial charge in [0.2, 0.25) is 0 Å². The molecule has 1 saturated carbocycles. The van der Waals surface area contributed by atoms with Gasteiger partial charge in [0.25, 0.3) is 0 Å². The van der Waals surface area contributed by atoms with Crippen LogP contribution in [-0.4, -0.2) is 6.29 Å². The van der Waals surface area contributed by atoms with Gasteiger partial charge in [-0.05, 0) is 59.7 Å². The molecule has 0 N–H and O–H groups in total. The summed E-state index contributed by atoms with van der Waals surface area (Å²) in [7, 11) is 0. The summed E-state index contributed by atoms with van der Waals surface area (Å²) in [6, 6.07) is 12.3. The molecule has 1 aliphatic rings. The molecule has 0 radical (unpaired) electrons. The highest BCUT2D eigenvalue weighted by molar-refractivity contribution is 5.95. The predicted octanol–water partition coefficient (Wildman–Crippen LogP) is 5.55. The summed E-state index contributed by atoms with van der Waals surface area (Å²) in [5.74, 6) is -0.425.